The van der Waals surface area contributed by atoms with Crippen molar-refractivity contribution in [1.82, 2.24) is 5.32 Å². The second-order valence-corrected chi connectivity index (χ2v) is 4.21. The summed E-state index contributed by atoms with van der Waals surface area (Å²) in [4.78, 5) is 11.6. The van der Waals surface area contributed by atoms with E-state index in [1.165, 1.54) is 0 Å². The Hall–Kier alpha value is -2.60. The van der Waals surface area contributed by atoms with Gasteiger partial charge in [-0.15, -0.1) is 0 Å². The Balaban J connectivity index is 2.19. The number of nitrogens with zero attached hydrogens (tertiary/aromatic N) is 1. The lowest BCUT2D eigenvalue weighted by atomic mass is 9.96. The molecule has 1 aliphatic rings. The number of carbonyl (C=O) groups excluding carboxylic acids is 1. The normalized spacial score (nSPS) is 12.7. The number of nitrogens with one attached hydrogen (secondary N) is 1. The van der Waals surface area contributed by atoms with Crippen LogP contribution < -0.4 is 5.32 Å². The first-order valence-corrected chi connectivity index (χ1v) is 5.70. The number of rotatable bonds is 1. The Labute approximate surface area is 105 Å². The van der Waals surface area contributed by atoms with Gasteiger partial charge in [-0.2, -0.15) is 5.26 Å². The van der Waals surface area contributed by atoms with Crippen molar-refractivity contribution >= 4 is 5.91 Å². The second kappa shape index (κ2) is 4.01. The molecule has 3 rings (SSSR count). The highest BCUT2D eigenvalue weighted by Gasteiger charge is 2.21. The van der Waals surface area contributed by atoms with E-state index in [9.17, 15) is 4.79 Å². The fraction of sp³-hybridized carbons (Fsp3) is 0.0667. The molecule has 2 aromatic carbocycles. The van der Waals surface area contributed by atoms with E-state index in [-0.39, 0.29) is 5.91 Å². The molecule has 18 heavy (non-hydrogen) atoms. The fourth-order valence-corrected chi connectivity index (χ4v) is 2.28. The molecule has 0 saturated heterocycles. The Morgan fingerprint density at radius 1 is 1.11 bits per heavy atom. The number of amides is 1. The van der Waals surface area contributed by atoms with Gasteiger partial charge < -0.3 is 5.32 Å². The zero-order valence-electron chi connectivity index (χ0n) is 9.60. The van der Waals surface area contributed by atoms with Crippen LogP contribution in [0, 0.1) is 11.3 Å². The molecule has 3 heteroatoms. The van der Waals surface area contributed by atoms with E-state index in [1.54, 1.807) is 6.07 Å². The van der Waals surface area contributed by atoms with E-state index in [1.807, 2.05) is 36.4 Å². The van der Waals surface area contributed by atoms with Gasteiger partial charge in [0.25, 0.3) is 5.91 Å². The van der Waals surface area contributed by atoms with Crippen LogP contribution >= 0.6 is 0 Å². The van der Waals surface area contributed by atoms with Gasteiger partial charge in [-0.1, -0.05) is 24.3 Å². The van der Waals surface area contributed by atoms with E-state index in [0.29, 0.717) is 12.1 Å². The van der Waals surface area contributed by atoms with Crippen LogP contribution in [0.5, 0.6) is 0 Å². The van der Waals surface area contributed by atoms with E-state index >= 15 is 0 Å². The number of carbonyl (C=O) groups is 1. The first-order chi connectivity index (χ1) is 8.79. The molecule has 0 aliphatic carbocycles. The topological polar surface area (TPSA) is 52.9 Å². The molecule has 2 aromatic rings. The van der Waals surface area contributed by atoms with Crippen LogP contribution in [0.2, 0.25) is 0 Å². The van der Waals surface area contributed by atoms with Crippen molar-refractivity contribution in [2.75, 3.05) is 0 Å². The Morgan fingerprint density at radius 2 is 1.89 bits per heavy atom. The summed E-state index contributed by atoms with van der Waals surface area (Å²) in [5.41, 5.74) is 4.36. The third-order valence-electron chi connectivity index (χ3n) is 3.15. The number of fused-ring (bicyclic) bond motifs is 1. The summed E-state index contributed by atoms with van der Waals surface area (Å²) in [6.07, 6.45) is 0. The van der Waals surface area contributed by atoms with Crippen LogP contribution in [0.3, 0.4) is 0 Å². The van der Waals surface area contributed by atoms with Gasteiger partial charge in [-0.25, -0.2) is 0 Å². The highest BCUT2D eigenvalue weighted by Crippen LogP contribution is 2.29. The molecule has 1 amide bonds. The maximum absolute atomic E-state index is 11.6. The zero-order chi connectivity index (χ0) is 12.5. The molecule has 0 fully saturated rings. The zero-order valence-corrected chi connectivity index (χ0v) is 9.60. The summed E-state index contributed by atoms with van der Waals surface area (Å²) in [7, 11) is 0. The fourth-order valence-electron chi connectivity index (χ4n) is 2.28. The predicted octanol–water partition coefficient (Wildman–Crippen LogP) is 2.47. The lowest BCUT2D eigenvalue weighted by Gasteiger charge is -2.07. The van der Waals surface area contributed by atoms with Gasteiger partial charge in [0.05, 0.1) is 11.6 Å². The molecule has 0 unspecified atom stereocenters. The Kier molecular flexibility index (Phi) is 2.35. The number of benzene rings is 2. The lowest BCUT2D eigenvalue weighted by Crippen LogP contribution is -2.12. The van der Waals surface area contributed by atoms with Crippen molar-refractivity contribution in [2.24, 2.45) is 0 Å². The van der Waals surface area contributed by atoms with Gasteiger partial charge in [0.15, 0.2) is 0 Å². The van der Waals surface area contributed by atoms with Crippen LogP contribution in [-0.4, -0.2) is 5.91 Å². The quantitative estimate of drug-likeness (QED) is 0.824. The summed E-state index contributed by atoms with van der Waals surface area (Å²) in [6.45, 7) is 0.557. The van der Waals surface area contributed by atoms with Crippen molar-refractivity contribution in [3.8, 4) is 17.2 Å². The summed E-state index contributed by atoms with van der Waals surface area (Å²) >= 11 is 0. The monoisotopic (exact) mass is 234 g/mol. The Bertz CT molecular complexity index is 683. The number of hydrogen-bond acceptors (Lipinski definition) is 2. The molecule has 0 aromatic heterocycles. The van der Waals surface area contributed by atoms with Crippen molar-refractivity contribution in [1.29, 1.82) is 5.26 Å². The largest absolute Gasteiger partial charge is 0.348 e. The maximum atomic E-state index is 11.6. The van der Waals surface area contributed by atoms with Crippen LogP contribution in [0.15, 0.2) is 42.5 Å². The smallest absolute Gasteiger partial charge is 0.251 e. The number of hydrogen-bond donors (Lipinski definition) is 1. The van der Waals surface area contributed by atoms with Gasteiger partial charge in [-0.3, -0.25) is 4.79 Å². The first-order valence-electron chi connectivity index (χ1n) is 5.70. The third kappa shape index (κ3) is 1.56. The van der Waals surface area contributed by atoms with Gasteiger partial charge in [0.2, 0.25) is 0 Å². The average molecular weight is 234 g/mol. The molecule has 0 spiro atoms. The molecule has 86 valence electrons. The molecule has 0 saturated carbocycles. The highest BCUT2D eigenvalue weighted by atomic mass is 16.1. The minimum Gasteiger partial charge on any atom is -0.348 e. The summed E-state index contributed by atoms with van der Waals surface area (Å²) in [6, 6.07) is 15.3. The van der Waals surface area contributed by atoms with Gasteiger partial charge >= 0.3 is 0 Å². The van der Waals surface area contributed by atoms with E-state index < -0.39 is 0 Å². The van der Waals surface area contributed by atoms with Crippen molar-refractivity contribution < 1.29 is 4.79 Å². The molecule has 0 bridgehead atoms. The van der Waals surface area contributed by atoms with E-state index in [2.05, 4.69) is 11.4 Å². The summed E-state index contributed by atoms with van der Waals surface area (Å²) in [5.74, 6) is -0.0247. The van der Waals surface area contributed by atoms with Gasteiger partial charge in [-0.05, 0) is 34.9 Å². The summed E-state index contributed by atoms with van der Waals surface area (Å²) < 4.78 is 0. The summed E-state index contributed by atoms with van der Waals surface area (Å²) in [5, 5.41) is 11.7. The molecular formula is C15H10N2O. The SMILES string of the molecule is N#Cc1cccc(-c2cccc3c2CNC3=O)c1. The molecule has 3 nitrogen and oxygen atoms in total. The third-order valence-corrected chi connectivity index (χ3v) is 3.15. The molecule has 0 radical (unpaired) electrons. The van der Waals surface area contributed by atoms with Crippen molar-refractivity contribution in [2.45, 2.75) is 6.54 Å². The maximum Gasteiger partial charge on any atom is 0.251 e. The van der Waals surface area contributed by atoms with Crippen LogP contribution in [0.25, 0.3) is 11.1 Å². The van der Waals surface area contributed by atoms with Gasteiger partial charge in [0, 0.05) is 12.1 Å². The number of nitriles is 1. The predicted molar refractivity (Wildman–Crippen MR) is 67.8 cm³/mol. The lowest BCUT2D eigenvalue weighted by molar-refractivity contribution is 0.0966. The highest BCUT2D eigenvalue weighted by molar-refractivity contribution is 6.00. The molecular weight excluding hydrogens is 224 g/mol. The van der Waals surface area contributed by atoms with Gasteiger partial charge in [0.1, 0.15) is 0 Å². The average Bonchev–Trinajstić information content (AvgIpc) is 2.81. The first kappa shape index (κ1) is 10.5. The molecule has 1 N–H and O–H groups in total. The molecule has 1 heterocycles. The minimum atomic E-state index is -0.0247. The van der Waals surface area contributed by atoms with E-state index in [4.69, 9.17) is 5.26 Å². The second-order valence-electron chi connectivity index (χ2n) is 4.21. The minimum absolute atomic E-state index is 0.0247. The van der Waals surface area contributed by atoms with Crippen LogP contribution in [0.1, 0.15) is 21.5 Å². The molecule has 1 aliphatic heterocycles. The molecule has 0 atom stereocenters. The standard InChI is InChI=1S/C15H10N2O/c16-8-10-3-1-4-11(7-10)12-5-2-6-13-14(12)9-17-15(13)18/h1-7H,9H2,(H,17,18). The van der Waals surface area contributed by atoms with Crippen molar-refractivity contribution in [3.63, 3.8) is 0 Å². The Morgan fingerprint density at radius 3 is 2.72 bits per heavy atom. The van der Waals surface area contributed by atoms with Crippen LogP contribution in [-0.2, 0) is 6.54 Å². The van der Waals surface area contributed by atoms with Crippen LogP contribution in [0.4, 0.5) is 0 Å². The van der Waals surface area contributed by atoms with E-state index in [0.717, 1.165) is 22.3 Å². The van der Waals surface area contributed by atoms with Crippen molar-refractivity contribution in [3.05, 3.63) is 59.2 Å².